The third-order valence-corrected chi connectivity index (χ3v) is 11.1. The SMILES string of the molecule is CC1=[C]([Zr+2][CH]2C3C=CC=CC3C3CCCCC32)CC=C1.[Cl-].[Cl-]. The molecule has 3 heteroatoms. The second kappa shape index (κ2) is 8.00. The smallest absolute Gasteiger partial charge is 1.00 e. The Morgan fingerprint density at radius 3 is 2.32 bits per heavy atom. The van der Waals surface area contributed by atoms with Crippen LogP contribution in [0, 0.1) is 23.7 Å². The monoisotopic (exact) mass is 412 g/mol. The molecule has 0 aliphatic heterocycles. The molecule has 0 aromatic carbocycles. The summed E-state index contributed by atoms with van der Waals surface area (Å²) in [4.78, 5) is 0. The molecule has 4 aliphatic rings. The topological polar surface area (TPSA) is 0 Å². The van der Waals surface area contributed by atoms with Crippen LogP contribution in [0.1, 0.15) is 39.0 Å². The van der Waals surface area contributed by atoms with E-state index >= 15 is 0 Å². The van der Waals surface area contributed by atoms with Crippen molar-refractivity contribution in [1.29, 1.82) is 0 Å². The molecular weight excluding hydrogens is 390 g/mol. The van der Waals surface area contributed by atoms with Gasteiger partial charge in [0.1, 0.15) is 0 Å². The van der Waals surface area contributed by atoms with Gasteiger partial charge in [0.25, 0.3) is 0 Å². The Bertz CT molecular complexity index is 518. The first-order chi connectivity index (χ1) is 9.84. The minimum absolute atomic E-state index is 0. The molecule has 0 aromatic heterocycles. The van der Waals surface area contributed by atoms with Gasteiger partial charge in [-0.15, -0.1) is 0 Å². The number of fused-ring (bicyclic) bond motifs is 3. The van der Waals surface area contributed by atoms with Crippen LogP contribution in [0.4, 0.5) is 0 Å². The van der Waals surface area contributed by atoms with E-state index in [9.17, 15) is 0 Å². The second-order valence-electron chi connectivity index (χ2n) is 6.97. The van der Waals surface area contributed by atoms with Crippen LogP contribution in [0.15, 0.2) is 45.3 Å². The van der Waals surface area contributed by atoms with E-state index in [2.05, 4.69) is 43.4 Å². The van der Waals surface area contributed by atoms with Crippen LogP contribution in [0.25, 0.3) is 0 Å². The zero-order valence-electron chi connectivity index (χ0n) is 13.1. The summed E-state index contributed by atoms with van der Waals surface area (Å²) >= 11 is -0.406. The summed E-state index contributed by atoms with van der Waals surface area (Å²) in [6, 6.07) is 0. The first kappa shape index (κ1) is 18.8. The van der Waals surface area contributed by atoms with Gasteiger partial charge in [-0.2, -0.15) is 0 Å². The van der Waals surface area contributed by atoms with Gasteiger partial charge in [0.15, 0.2) is 0 Å². The first-order valence-corrected chi connectivity index (χ1v) is 11.0. The maximum atomic E-state index is 2.58. The fraction of sp³-hybridized carbons (Fsp3) is 0.579. The third-order valence-electron chi connectivity index (χ3n) is 5.97. The first-order valence-electron chi connectivity index (χ1n) is 8.32. The molecule has 0 radical (unpaired) electrons. The number of rotatable bonds is 2. The van der Waals surface area contributed by atoms with Crippen LogP contribution in [0.2, 0.25) is 3.63 Å². The Balaban J connectivity index is 0.000000882. The molecule has 118 valence electrons. The molecule has 2 fully saturated rings. The van der Waals surface area contributed by atoms with Gasteiger partial charge in [-0.05, 0) is 0 Å². The fourth-order valence-corrected chi connectivity index (χ4v) is 10.2. The summed E-state index contributed by atoms with van der Waals surface area (Å²) in [5, 5.41) is 0. The molecule has 22 heavy (non-hydrogen) atoms. The molecule has 0 aromatic rings. The summed E-state index contributed by atoms with van der Waals surface area (Å²) in [6.07, 6.45) is 21.9. The van der Waals surface area contributed by atoms with E-state index in [1.165, 1.54) is 32.1 Å². The number of hydrogen-bond donors (Lipinski definition) is 0. The molecule has 5 unspecified atom stereocenters. The second-order valence-corrected chi connectivity index (χ2v) is 10.8. The quantitative estimate of drug-likeness (QED) is 0.560. The third kappa shape index (κ3) is 3.29. The van der Waals surface area contributed by atoms with E-state index < -0.39 is 23.2 Å². The van der Waals surface area contributed by atoms with Gasteiger partial charge >= 0.3 is 135 Å². The predicted molar refractivity (Wildman–Crippen MR) is 80.9 cm³/mol. The number of allylic oxidation sites excluding steroid dienone is 8. The van der Waals surface area contributed by atoms with E-state index in [4.69, 9.17) is 0 Å². The van der Waals surface area contributed by atoms with E-state index in [-0.39, 0.29) is 24.8 Å². The molecule has 0 saturated heterocycles. The zero-order chi connectivity index (χ0) is 13.5. The van der Waals surface area contributed by atoms with Crippen molar-refractivity contribution in [2.24, 2.45) is 23.7 Å². The average Bonchev–Trinajstić information content (AvgIpc) is 3.03. The molecule has 0 nitrogen and oxygen atoms in total. The molecule has 5 atom stereocenters. The van der Waals surface area contributed by atoms with Gasteiger partial charge in [-0.25, -0.2) is 0 Å². The van der Waals surface area contributed by atoms with E-state index in [1.807, 2.05) is 3.28 Å². The van der Waals surface area contributed by atoms with Crippen LogP contribution in [0.3, 0.4) is 0 Å². The maximum absolute atomic E-state index is 2.58. The van der Waals surface area contributed by atoms with Crippen molar-refractivity contribution in [1.82, 2.24) is 0 Å². The predicted octanol–water partition coefficient (Wildman–Crippen LogP) is -0.722. The minimum Gasteiger partial charge on any atom is -1.00 e. The summed E-state index contributed by atoms with van der Waals surface area (Å²) in [6.45, 7) is 2.35. The largest absolute Gasteiger partial charge is 1.00 e. The van der Waals surface area contributed by atoms with Gasteiger partial charge < -0.3 is 24.8 Å². The van der Waals surface area contributed by atoms with Crippen molar-refractivity contribution in [2.45, 2.75) is 42.7 Å². The van der Waals surface area contributed by atoms with Gasteiger partial charge in [-0.3, -0.25) is 0 Å². The van der Waals surface area contributed by atoms with E-state index in [0.717, 1.165) is 27.3 Å². The van der Waals surface area contributed by atoms with Gasteiger partial charge in [0.2, 0.25) is 0 Å². The van der Waals surface area contributed by atoms with Crippen LogP contribution < -0.4 is 24.8 Å². The molecule has 4 aliphatic carbocycles. The van der Waals surface area contributed by atoms with Crippen LogP contribution >= 0.6 is 0 Å². The van der Waals surface area contributed by atoms with Crippen LogP contribution in [-0.2, 0) is 23.2 Å². The molecule has 0 spiro atoms. The molecule has 4 rings (SSSR count). The Morgan fingerprint density at radius 2 is 1.64 bits per heavy atom. The molecule has 0 amide bonds. The van der Waals surface area contributed by atoms with Gasteiger partial charge in [0, 0.05) is 0 Å². The van der Waals surface area contributed by atoms with Crippen LogP contribution in [-0.4, -0.2) is 0 Å². The van der Waals surface area contributed by atoms with Crippen molar-refractivity contribution in [2.75, 3.05) is 0 Å². The summed E-state index contributed by atoms with van der Waals surface area (Å²) in [5.41, 5.74) is 1.63. The summed E-state index contributed by atoms with van der Waals surface area (Å²) in [7, 11) is 0. The Labute approximate surface area is 159 Å². The van der Waals surface area contributed by atoms with Crippen molar-refractivity contribution < 1.29 is 48.0 Å². The molecule has 2 saturated carbocycles. The zero-order valence-corrected chi connectivity index (χ0v) is 17.1. The van der Waals surface area contributed by atoms with Crippen molar-refractivity contribution in [3.05, 3.63) is 45.3 Å². The van der Waals surface area contributed by atoms with Crippen LogP contribution in [0.5, 0.6) is 0 Å². The molecule has 0 bridgehead atoms. The standard InChI is InChI=1S/C13H17.C6H7.2ClH.Zr/c1-3-7-12-10(5-1)9-11-6-2-4-8-13(11)12;1-6-4-2-3-5-6;;;/h1,3,5,7,9-13H,2,4,6,8H2;2,4H,3H2,1H3;2*1H;/q;;;;+2/p-2. The molecular formula is C19H24Cl2Zr. The fourth-order valence-electron chi connectivity index (χ4n) is 5.02. The van der Waals surface area contributed by atoms with E-state index in [1.54, 1.807) is 5.57 Å². The Kier molecular flexibility index (Phi) is 6.82. The van der Waals surface area contributed by atoms with Crippen molar-refractivity contribution >= 4 is 0 Å². The molecule has 0 heterocycles. The van der Waals surface area contributed by atoms with E-state index in [0.29, 0.717) is 0 Å². The maximum Gasteiger partial charge on any atom is -1.00 e. The van der Waals surface area contributed by atoms with Gasteiger partial charge in [-0.1, -0.05) is 0 Å². The number of halogens is 2. The Hall–Kier alpha value is 0.423. The number of hydrogen-bond acceptors (Lipinski definition) is 0. The summed E-state index contributed by atoms with van der Waals surface area (Å²) in [5.74, 6) is 3.89. The Morgan fingerprint density at radius 1 is 0.955 bits per heavy atom. The average molecular weight is 415 g/mol. The van der Waals surface area contributed by atoms with Crippen molar-refractivity contribution in [3.63, 3.8) is 0 Å². The normalized spacial score (nSPS) is 38.0. The minimum atomic E-state index is -0.406. The van der Waals surface area contributed by atoms with Gasteiger partial charge in [0.05, 0.1) is 0 Å². The van der Waals surface area contributed by atoms with Crippen molar-refractivity contribution in [3.8, 4) is 0 Å². The molecule has 0 N–H and O–H groups in total. The summed E-state index contributed by atoms with van der Waals surface area (Å²) < 4.78 is 2.98.